The number of nitrogens with one attached hydrogen (secondary N) is 1. The lowest BCUT2D eigenvalue weighted by atomic mass is 9.89. The van der Waals surface area contributed by atoms with Gasteiger partial charge in [0.15, 0.2) is 9.84 Å². The lowest BCUT2D eigenvalue weighted by Crippen LogP contribution is -2.52. The van der Waals surface area contributed by atoms with E-state index in [1.54, 1.807) is 17.0 Å². The number of benzene rings is 2. The Morgan fingerprint density at radius 1 is 1.06 bits per heavy atom. The van der Waals surface area contributed by atoms with Crippen LogP contribution in [0.5, 0.6) is 0 Å². The summed E-state index contributed by atoms with van der Waals surface area (Å²) in [6, 6.07) is 11.6. The number of hydrogen-bond acceptors (Lipinski definition) is 4. The highest BCUT2D eigenvalue weighted by Gasteiger charge is 2.32. The van der Waals surface area contributed by atoms with Gasteiger partial charge in [-0.25, -0.2) is 12.8 Å². The quantitative estimate of drug-likeness (QED) is 0.716. The first kappa shape index (κ1) is 23.9. The molecule has 0 radical (unpaired) electrons. The number of nitrogens with zero attached hydrogens (tertiary/aromatic N) is 1. The Morgan fingerprint density at radius 3 is 2.25 bits per heavy atom. The van der Waals surface area contributed by atoms with Gasteiger partial charge in [-0.15, -0.1) is 0 Å². The van der Waals surface area contributed by atoms with Crippen LogP contribution in [0.3, 0.4) is 0 Å². The van der Waals surface area contributed by atoms with Crippen LogP contribution < -0.4 is 5.32 Å². The predicted molar refractivity (Wildman–Crippen MR) is 121 cm³/mol. The highest BCUT2D eigenvalue weighted by molar-refractivity contribution is 7.90. The van der Waals surface area contributed by atoms with Crippen LogP contribution in [0.2, 0.25) is 0 Å². The predicted octanol–water partition coefficient (Wildman–Crippen LogP) is 3.39. The Balaban J connectivity index is 1.66. The van der Waals surface area contributed by atoms with Crippen LogP contribution in [-0.4, -0.2) is 50.5 Å². The van der Waals surface area contributed by atoms with E-state index in [0.717, 1.165) is 24.7 Å². The summed E-state index contributed by atoms with van der Waals surface area (Å²) >= 11 is 0. The molecule has 1 saturated heterocycles. The largest absolute Gasteiger partial charge is 0.341 e. The molecule has 0 aromatic heterocycles. The van der Waals surface area contributed by atoms with Crippen LogP contribution >= 0.6 is 0 Å². The molecule has 1 heterocycles. The van der Waals surface area contributed by atoms with Crippen molar-refractivity contribution < 1.29 is 22.4 Å². The van der Waals surface area contributed by atoms with E-state index >= 15 is 0 Å². The molecule has 1 aliphatic heterocycles. The molecular formula is C24H29FN2O4S. The van der Waals surface area contributed by atoms with Gasteiger partial charge < -0.3 is 10.2 Å². The lowest BCUT2D eigenvalue weighted by molar-refractivity contribution is -0.135. The van der Waals surface area contributed by atoms with Crippen molar-refractivity contribution >= 4 is 21.7 Å². The molecule has 172 valence electrons. The zero-order chi connectivity index (χ0) is 23.5. The van der Waals surface area contributed by atoms with Crippen molar-refractivity contribution in [2.45, 2.75) is 43.5 Å². The third-order valence-electron chi connectivity index (χ3n) is 5.89. The van der Waals surface area contributed by atoms with Crippen molar-refractivity contribution in [3.05, 3.63) is 65.5 Å². The van der Waals surface area contributed by atoms with Crippen LogP contribution in [0.25, 0.3) is 0 Å². The molecule has 1 N–H and O–H groups in total. The van der Waals surface area contributed by atoms with Crippen LogP contribution in [-0.2, 0) is 14.6 Å². The fourth-order valence-corrected chi connectivity index (χ4v) is 4.64. The van der Waals surface area contributed by atoms with Gasteiger partial charge in [0.2, 0.25) is 5.91 Å². The lowest BCUT2D eigenvalue weighted by Gasteiger charge is -2.35. The average molecular weight is 461 g/mol. The number of sulfone groups is 1. The molecule has 3 rings (SSSR count). The average Bonchev–Trinajstić information content (AvgIpc) is 2.77. The number of carbonyl (C=O) groups excluding carboxylic acids is 2. The molecule has 2 aromatic rings. The molecule has 2 amide bonds. The zero-order valence-corrected chi connectivity index (χ0v) is 19.4. The first-order valence-electron chi connectivity index (χ1n) is 10.7. The van der Waals surface area contributed by atoms with E-state index in [4.69, 9.17) is 0 Å². The molecular weight excluding hydrogens is 431 g/mol. The number of rotatable bonds is 6. The Bertz CT molecular complexity index is 1080. The maximum atomic E-state index is 13.2. The molecule has 6 nitrogen and oxygen atoms in total. The standard InChI is InChI=1S/C24H29FN2O4S/c1-16(2)22(26-23(28)19-5-4-6-21(15-19)32(3,30)31)24(29)27-13-11-18(12-14-27)17-7-9-20(25)10-8-17/h4-10,15-16,18,22H,11-14H2,1-3H3,(H,26,28)/t22-/m1/s1. The Hall–Kier alpha value is -2.74. The van der Waals surface area contributed by atoms with E-state index in [0.29, 0.717) is 13.1 Å². The second kappa shape index (κ2) is 9.81. The molecule has 0 aliphatic carbocycles. The number of halogens is 1. The van der Waals surface area contributed by atoms with Gasteiger partial charge in [0.25, 0.3) is 5.91 Å². The molecule has 0 spiro atoms. The molecule has 2 aromatic carbocycles. The van der Waals surface area contributed by atoms with Gasteiger partial charge in [0.05, 0.1) is 4.90 Å². The van der Waals surface area contributed by atoms with Crippen molar-refractivity contribution in [1.29, 1.82) is 0 Å². The van der Waals surface area contributed by atoms with Crippen LogP contribution in [0.1, 0.15) is 48.5 Å². The molecule has 1 atom stereocenters. The molecule has 8 heteroatoms. The van der Waals surface area contributed by atoms with E-state index in [1.807, 2.05) is 13.8 Å². The number of piperidine rings is 1. The van der Waals surface area contributed by atoms with Crippen molar-refractivity contribution in [2.24, 2.45) is 5.92 Å². The van der Waals surface area contributed by atoms with Crippen molar-refractivity contribution in [3.8, 4) is 0 Å². The van der Waals surface area contributed by atoms with Crippen molar-refractivity contribution in [1.82, 2.24) is 10.2 Å². The number of likely N-dealkylation sites (tertiary alicyclic amines) is 1. The van der Waals surface area contributed by atoms with E-state index in [2.05, 4.69) is 5.32 Å². The summed E-state index contributed by atoms with van der Waals surface area (Å²) in [5.41, 5.74) is 1.26. The zero-order valence-electron chi connectivity index (χ0n) is 18.5. The number of amides is 2. The van der Waals surface area contributed by atoms with E-state index in [9.17, 15) is 22.4 Å². The Morgan fingerprint density at radius 2 is 1.69 bits per heavy atom. The van der Waals surface area contributed by atoms with Crippen molar-refractivity contribution in [2.75, 3.05) is 19.3 Å². The van der Waals surface area contributed by atoms with Gasteiger partial charge in [-0.2, -0.15) is 0 Å². The van der Waals surface area contributed by atoms with Gasteiger partial charge in [0.1, 0.15) is 11.9 Å². The maximum absolute atomic E-state index is 13.2. The molecule has 32 heavy (non-hydrogen) atoms. The summed E-state index contributed by atoms with van der Waals surface area (Å²) in [5, 5.41) is 2.79. The molecule has 1 fully saturated rings. The highest BCUT2D eigenvalue weighted by atomic mass is 32.2. The van der Waals surface area contributed by atoms with Crippen molar-refractivity contribution in [3.63, 3.8) is 0 Å². The summed E-state index contributed by atoms with van der Waals surface area (Å²) < 4.78 is 36.8. The molecule has 0 saturated carbocycles. The second-order valence-electron chi connectivity index (χ2n) is 8.65. The summed E-state index contributed by atoms with van der Waals surface area (Å²) in [4.78, 5) is 27.8. The molecule has 0 bridgehead atoms. The summed E-state index contributed by atoms with van der Waals surface area (Å²) in [6.45, 7) is 4.84. The van der Waals surface area contributed by atoms with E-state index < -0.39 is 21.8 Å². The Kier molecular flexibility index (Phi) is 7.33. The fraction of sp³-hybridized carbons (Fsp3) is 0.417. The smallest absolute Gasteiger partial charge is 0.251 e. The third-order valence-corrected chi connectivity index (χ3v) is 7.00. The minimum atomic E-state index is -3.44. The first-order valence-corrected chi connectivity index (χ1v) is 12.6. The van der Waals surface area contributed by atoms with E-state index in [1.165, 1.54) is 36.4 Å². The second-order valence-corrected chi connectivity index (χ2v) is 10.7. The summed E-state index contributed by atoms with van der Waals surface area (Å²) in [5.74, 6) is -0.766. The monoisotopic (exact) mass is 460 g/mol. The van der Waals surface area contributed by atoms with Crippen LogP contribution in [0.15, 0.2) is 53.4 Å². The van der Waals surface area contributed by atoms with Crippen LogP contribution in [0.4, 0.5) is 4.39 Å². The van der Waals surface area contributed by atoms with Gasteiger partial charge in [-0.1, -0.05) is 32.0 Å². The molecule has 1 aliphatic rings. The summed E-state index contributed by atoms with van der Waals surface area (Å²) in [7, 11) is -3.44. The van der Waals surface area contributed by atoms with Gasteiger partial charge in [0, 0.05) is 24.9 Å². The first-order chi connectivity index (χ1) is 15.1. The SMILES string of the molecule is CC(C)[C@@H](NC(=O)c1cccc(S(C)(=O)=O)c1)C(=O)N1CCC(c2ccc(F)cc2)CC1. The van der Waals surface area contributed by atoms with E-state index in [-0.39, 0.29) is 34.0 Å². The molecule has 0 unspecified atom stereocenters. The third kappa shape index (κ3) is 5.73. The minimum absolute atomic E-state index is 0.0560. The Labute approximate surface area is 188 Å². The number of hydrogen-bond donors (Lipinski definition) is 1. The normalized spacial score (nSPS) is 16.1. The number of carbonyl (C=O) groups is 2. The fourth-order valence-electron chi connectivity index (χ4n) is 3.97. The van der Waals surface area contributed by atoms with Gasteiger partial charge >= 0.3 is 0 Å². The van der Waals surface area contributed by atoms with Crippen LogP contribution in [0, 0.1) is 11.7 Å². The van der Waals surface area contributed by atoms with Gasteiger partial charge in [-0.05, 0) is 60.6 Å². The summed E-state index contributed by atoms with van der Waals surface area (Å²) in [6.07, 6.45) is 2.62. The maximum Gasteiger partial charge on any atom is 0.251 e. The highest BCUT2D eigenvalue weighted by Crippen LogP contribution is 2.28. The topological polar surface area (TPSA) is 83.5 Å². The minimum Gasteiger partial charge on any atom is -0.341 e. The van der Waals surface area contributed by atoms with Gasteiger partial charge in [-0.3, -0.25) is 9.59 Å².